The monoisotopic (exact) mass is 309 g/mol. The Kier molecular flexibility index (Phi) is 5.12. The number of halogens is 1. The molecule has 1 aromatic carbocycles. The second-order valence-electron chi connectivity index (χ2n) is 6.13. The Morgan fingerprint density at radius 2 is 2.10 bits per heavy atom. The molecule has 1 aromatic rings. The minimum Gasteiger partial charge on any atom is -0.397 e. The maximum Gasteiger partial charge on any atom is 0.241 e. The van der Waals surface area contributed by atoms with Gasteiger partial charge in [-0.2, -0.15) is 0 Å². The van der Waals surface area contributed by atoms with Crippen LogP contribution >= 0.6 is 11.6 Å². The number of rotatable bonds is 6. The highest BCUT2D eigenvalue weighted by molar-refractivity contribution is 6.31. The lowest BCUT2D eigenvalue weighted by Gasteiger charge is -2.32. The SMILES string of the molecule is CC(C)N(CC1CC1)C(C)C(=O)Nc1ccc(Cl)cc1N. The van der Waals surface area contributed by atoms with E-state index in [0.29, 0.717) is 22.4 Å². The fourth-order valence-electron chi connectivity index (χ4n) is 2.45. The van der Waals surface area contributed by atoms with Crippen molar-refractivity contribution >= 4 is 28.9 Å². The van der Waals surface area contributed by atoms with Crippen LogP contribution in [0.1, 0.15) is 33.6 Å². The second kappa shape index (κ2) is 6.67. The lowest BCUT2D eigenvalue weighted by atomic mass is 10.1. The van der Waals surface area contributed by atoms with Gasteiger partial charge in [0.25, 0.3) is 0 Å². The number of benzene rings is 1. The summed E-state index contributed by atoms with van der Waals surface area (Å²) in [6.45, 7) is 7.19. The van der Waals surface area contributed by atoms with Gasteiger partial charge in [-0.1, -0.05) is 11.6 Å². The van der Waals surface area contributed by atoms with Crippen LogP contribution in [-0.2, 0) is 4.79 Å². The molecule has 0 spiro atoms. The highest BCUT2D eigenvalue weighted by Gasteiger charge is 2.30. The molecular formula is C16H24ClN3O. The van der Waals surface area contributed by atoms with E-state index in [1.54, 1.807) is 18.2 Å². The molecule has 1 aliphatic carbocycles. The molecule has 21 heavy (non-hydrogen) atoms. The molecule has 1 atom stereocenters. The van der Waals surface area contributed by atoms with Crippen LogP contribution in [0.15, 0.2) is 18.2 Å². The minimum atomic E-state index is -0.180. The first-order valence-electron chi connectivity index (χ1n) is 7.50. The van der Waals surface area contributed by atoms with Crippen molar-refractivity contribution in [3.63, 3.8) is 0 Å². The Balaban J connectivity index is 2.03. The molecule has 0 heterocycles. The fourth-order valence-corrected chi connectivity index (χ4v) is 2.63. The van der Waals surface area contributed by atoms with Crippen molar-refractivity contribution in [2.24, 2.45) is 5.92 Å². The molecule has 2 rings (SSSR count). The average Bonchev–Trinajstić information content (AvgIpc) is 3.22. The highest BCUT2D eigenvalue weighted by Crippen LogP contribution is 2.31. The van der Waals surface area contributed by atoms with E-state index in [0.717, 1.165) is 12.5 Å². The predicted octanol–water partition coefficient (Wildman–Crippen LogP) is 3.37. The highest BCUT2D eigenvalue weighted by atomic mass is 35.5. The Morgan fingerprint density at radius 1 is 1.43 bits per heavy atom. The van der Waals surface area contributed by atoms with Crippen molar-refractivity contribution in [2.75, 3.05) is 17.6 Å². The van der Waals surface area contributed by atoms with Crippen LogP contribution < -0.4 is 11.1 Å². The number of amides is 1. The van der Waals surface area contributed by atoms with E-state index < -0.39 is 0 Å². The smallest absolute Gasteiger partial charge is 0.241 e. The first-order valence-corrected chi connectivity index (χ1v) is 7.88. The Labute approximate surface area is 131 Å². The third-order valence-electron chi connectivity index (χ3n) is 3.98. The van der Waals surface area contributed by atoms with Crippen LogP contribution in [0.5, 0.6) is 0 Å². The van der Waals surface area contributed by atoms with Crippen molar-refractivity contribution in [3.8, 4) is 0 Å². The summed E-state index contributed by atoms with van der Waals surface area (Å²) in [6, 6.07) is 5.27. The first-order chi connectivity index (χ1) is 9.88. The number of nitrogen functional groups attached to an aromatic ring is 1. The molecule has 0 aromatic heterocycles. The molecule has 1 saturated carbocycles. The van der Waals surface area contributed by atoms with E-state index in [4.69, 9.17) is 17.3 Å². The molecular weight excluding hydrogens is 286 g/mol. The van der Waals surface area contributed by atoms with Crippen LogP contribution in [0.4, 0.5) is 11.4 Å². The van der Waals surface area contributed by atoms with Crippen LogP contribution in [0.3, 0.4) is 0 Å². The van der Waals surface area contributed by atoms with Gasteiger partial charge in [-0.15, -0.1) is 0 Å². The number of carbonyl (C=O) groups excluding carboxylic acids is 1. The van der Waals surface area contributed by atoms with Crippen LogP contribution in [0, 0.1) is 5.92 Å². The minimum absolute atomic E-state index is 0.0293. The van der Waals surface area contributed by atoms with E-state index in [1.165, 1.54) is 12.8 Å². The van der Waals surface area contributed by atoms with Crippen molar-refractivity contribution in [1.29, 1.82) is 0 Å². The molecule has 3 N–H and O–H groups in total. The number of nitrogens with one attached hydrogen (secondary N) is 1. The van der Waals surface area contributed by atoms with Gasteiger partial charge in [0.05, 0.1) is 17.4 Å². The third kappa shape index (κ3) is 4.35. The molecule has 1 aliphatic rings. The van der Waals surface area contributed by atoms with Gasteiger partial charge in [-0.3, -0.25) is 9.69 Å². The van der Waals surface area contributed by atoms with E-state index >= 15 is 0 Å². The summed E-state index contributed by atoms with van der Waals surface area (Å²) < 4.78 is 0. The third-order valence-corrected chi connectivity index (χ3v) is 4.21. The van der Waals surface area contributed by atoms with Gasteiger partial charge < -0.3 is 11.1 Å². The number of nitrogens with two attached hydrogens (primary N) is 1. The summed E-state index contributed by atoms with van der Waals surface area (Å²) >= 11 is 5.87. The molecule has 1 amide bonds. The number of anilines is 2. The molecule has 1 fully saturated rings. The molecule has 1 unspecified atom stereocenters. The van der Waals surface area contributed by atoms with Crippen LogP contribution in [0.25, 0.3) is 0 Å². The number of hydrogen-bond acceptors (Lipinski definition) is 3. The quantitative estimate of drug-likeness (QED) is 0.792. The number of hydrogen-bond donors (Lipinski definition) is 2. The van der Waals surface area contributed by atoms with Gasteiger partial charge in [0.15, 0.2) is 0 Å². The summed E-state index contributed by atoms with van der Waals surface area (Å²) in [4.78, 5) is 14.7. The van der Waals surface area contributed by atoms with Crippen LogP contribution in [-0.4, -0.2) is 29.4 Å². The molecule has 0 radical (unpaired) electrons. The lowest BCUT2D eigenvalue weighted by molar-refractivity contribution is -0.121. The largest absolute Gasteiger partial charge is 0.397 e. The molecule has 5 heteroatoms. The normalized spacial score (nSPS) is 16.3. The molecule has 0 aliphatic heterocycles. The predicted molar refractivity (Wildman–Crippen MR) is 88.5 cm³/mol. The number of carbonyl (C=O) groups is 1. The Hall–Kier alpha value is -1.26. The zero-order valence-corrected chi connectivity index (χ0v) is 13.7. The van der Waals surface area contributed by atoms with E-state index in [1.807, 2.05) is 6.92 Å². The fraction of sp³-hybridized carbons (Fsp3) is 0.562. The number of nitrogens with zero attached hydrogens (tertiary/aromatic N) is 1. The van der Waals surface area contributed by atoms with Gasteiger partial charge in [-0.05, 0) is 57.7 Å². The van der Waals surface area contributed by atoms with Crippen molar-refractivity contribution in [2.45, 2.75) is 45.7 Å². The molecule has 0 saturated heterocycles. The summed E-state index contributed by atoms with van der Waals surface area (Å²) in [5.74, 6) is 0.724. The van der Waals surface area contributed by atoms with Crippen molar-refractivity contribution in [3.05, 3.63) is 23.2 Å². The van der Waals surface area contributed by atoms with Gasteiger partial charge in [-0.25, -0.2) is 0 Å². The summed E-state index contributed by atoms with van der Waals surface area (Å²) in [5.41, 5.74) is 6.99. The van der Waals surface area contributed by atoms with Crippen LogP contribution in [0.2, 0.25) is 5.02 Å². The molecule has 4 nitrogen and oxygen atoms in total. The maximum atomic E-state index is 12.5. The topological polar surface area (TPSA) is 58.4 Å². The van der Waals surface area contributed by atoms with E-state index in [-0.39, 0.29) is 11.9 Å². The summed E-state index contributed by atoms with van der Waals surface area (Å²) in [6.07, 6.45) is 2.56. The maximum absolute atomic E-state index is 12.5. The zero-order valence-electron chi connectivity index (χ0n) is 12.9. The standard InChI is InChI=1S/C16H24ClN3O/c1-10(2)20(9-12-4-5-12)11(3)16(21)19-15-7-6-13(17)8-14(15)18/h6-8,10-12H,4-5,9,18H2,1-3H3,(H,19,21). The first kappa shape index (κ1) is 16.1. The Bertz CT molecular complexity index is 514. The summed E-state index contributed by atoms with van der Waals surface area (Å²) in [7, 11) is 0. The zero-order chi connectivity index (χ0) is 15.6. The van der Waals surface area contributed by atoms with Gasteiger partial charge in [0, 0.05) is 17.6 Å². The van der Waals surface area contributed by atoms with Gasteiger partial charge in [0.1, 0.15) is 0 Å². The Morgan fingerprint density at radius 3 is 2.62 bits per heavy atom. The lowest BCUT2D eigenvalue weighted by Crippen LogP contribution is -2.46. The van der Waals surface area contributed by atoms with Gasteiger partial charge in [0.2, 0.25) is 5.91 Å². The second-order valence-corrected chi connectivity index (χ2v) is 6.57. The average molecular weight is 310 g/mol. The van der Waals surface area contributed by atoms with Gasteiger partial charge >= 0.3 is 0 Å². The van der Waals surface area contributed by atoms with Crippen molar-refractivity contribution in [1.82, 2.24) is 4.90 Å². The molecule has 0 bridgehead atoms. The van der Waals surface area contributed by atoms with E-state index in [2.05, 4.69) is 24.1 Å². The summed E-state index contributed by atoms with van der Waals surface area (Å²) in [5, 5.41) is 3.47. The molecule has 116 valence electrons. The van der Waals surface area contributed by atoms with Crippen molar-refractivity contribution < 1.29 is 4.79 Å². The van der Waals surface area contributed by atoms with E-state index in [9.17, 15) is 4.79 Å².